The molecular formula is C24H38O5. The van der Waals surface area contributed by atoms with Gasteiger partial charge in [-0.3, -0.25) is 4.79 Å². The van der Waals surface area contributed by atoms with Crippen molar-refractivity contribution in [3.05, 3.63) is 35.9 Å². The average Bonchev–Trinajstić information content (AvgIpc) is 2.67. The van der Waals surface area contributed by atoms with E-state index in [0.29, 0.717) is 12.3 Å². The van der Waals surface area contributed by atoms with Crippen molar-refractivity contribution in [3.8, 4) is 0 Å². The fourth-order valence-corrected chi connectivity index (χ4v) is 4.22. The minimum absolute atomic E-state index is 0.283. The largest absolute Gasteiger partial charge is 0.481 e. The Kier molecular flexibility index (Phi) is 9.60. The number of benzene rings is 1. The zero-order chi connectivity index (χ0) is 21.2. The highest BCUT2D eigenvalue weighted by Gasteiger charge is 2.43. The lowest BCUT2D eigenvalue weighted by Gasteiger charge is -2.41. The van der Waals surface area contributed by atoms with Crippen molar-refractivity contribution in [2.75, 3.05) is 0 Å². The molecule has 164 valence electrons. The third-order valence-electron chi connectivity index (χ3n) is 5.91. The molecule has 2 N–H and O–H groups in total. The van der Waals surface area contributed by atoms with Crippen LogP contribution in [0.5, 0.6) is 0 Å². The lowest BCUT2D eigenvalue weighted by molar-refractivity contribution is -0.483. The molecule has 1 aliphatic heterocycles. The number of unbranched alkanes of at least 4 members (excludes halogenated alkanes) is 5. The van der Waals surface area contributed by atoms with Crippen LogP contribution in [0.4, 0.5) is 0 Å². The molecule has 1 aliphatic rings. The third kappa shape index (κ3) is 9.28. The van der Waals surface area contributed by atoms with E-state index in [-0.39, 0.29) is 6.42 Å². The number of carboxylic acids is 1. The van der Waals surface area contributed by atoms with Crippen molar-refractivity contribution in [2.45, 2.75) is 102 Å². The Bertz CT molecular complexity index is 593. The van der Waals surface area contributed by atoms with Crippen LogP contribution in [-0.4, -0.2) is 27.6 Å². The molecule has 1 heterocycles. The Hall–Kier alpha value is -1.43. The van der Waals surface area contributed by atoms with Crippen LogP contribution in [0, 0.1) is 5.92 Å². The Labute approximate surface area is 175 Å². The number of rotatable bonds is 13. The third-order valence-corrected chi connectivity index (χ3v) is 5.91. The zero-order valence-electron chi connectivity index (χ0n) is 18.1. The fourth-order valence-electron chi connectivity index (χ4n) is 4.22. The van der Waals surface area contributed by atoms with E-state index in [2.05, 4.69) is 37.3 Å². The van der Waals surface area contributed by atoms with Gasteiger partial charge in [0.25, 0.3) is 0 Å². The zero-order valence-corrected chi connectivity index (χ0v) is 18.1. The van der Waals surface area contributed by atoms with Gasteiger partial charge in [-0.2, -0.15) is 0 Å². The van der Waals surface area contributed by atoms with E-state index in [0.717, 1.165) is 12.8 Å². The topological polar surface area (TPSA) is 76.0 Å². The summed E-state index contributed by atoms with van der Waals surface area (Å²) in [6.45, 7) is 4.21. The van der Waals surface area contributed by atoms with Gasteiger partial charge in [0.2, 0.25) is 5.79 Å². The summed E-state index contributed by atoms with van der Waals surface area (Å²) in [5, 5.41) is 19.0. The molecule has 1 saturated heterocycles. The van der Waals surface area contributed by atoms with Crippen LogP contribution in [0.25, 0.3) is 0 Å². The summed E-state index contributed by atoms with van der Waals surface area (Å²) in [5.41, 5.74) is 0.979. The van der Waals surface area contributed by atoms with Crippen LogP contribution in [0.2, 0.25) is 0 Å². The number of aliphatic hydroxyl groups is 1. The number of aliphatic carboxylic acids is 1. The first-order chi connectivity index (χ1) is 13.8. The van der Waals surface area contributed by atoms with E-state index in [1.54, 1.807) is 0 Å². The molecular weight excluding hydrogens is 368 g/mol. The van der Waals surface area contributed by atoms with Crippen molar-refractivity contribution < 1.29 is 24.8 Å². The summed E-state index contributed by atoms with van der Waals surface area (Å²) < 4.78 is 0. The van der Waals surface area contributed by atoms with Crippen LogP contribution in [-0.2, 0) is 21.0 Å². The Morgan fingerprint density at radius 3 is 2.31 bits per heavy atom. The van der Waals surface area contributed by atoms with Crippen LogP contribution < -0.4 is 0 Å². The SMILES string of the molecule is CC(CCCCCCCCc1ccccc1)C[C@@]1(C)CC[C@](O)(CC(=O)O)OO1. The molecule has 1 aromatic rings. The first kappa shape index (κ1) is 23.8. The monoisotopic (exact) mass is 406 g/mol. The molecule has 1 aromatic carbocycles. The molecule has 0 radical (unpaired) electrons. The molecule has 0 saturated carbocycles. The molecule has 5 heteroatoms. The van der Waals surface area contributed by atoms with Gasteiger partial charge in [0.1, 0.15) is 12.0 Å². The quantitative estimate of drug-likeness (QED) is 0.327. The summed E-state index contributed by atoms with van der Waals surface area (Å²) in [6.07, 6.45) is 11.3. The van der Waals surface area contributed by atoms with Gasteiger partial charge in [0, 0.05) is 6.42 Å². The predicted octanol–water partition coefficient (Wildman–Crippen LogP) is 5.65. The maximum absolute atomic E-state index is 10.8. The van der Waals surface area contributed by atoms with Crippen molar-refractivity contribution in [1.29, 1.82) is 0 Å². The summed E-state index contributed by atoms with van der Waals surface area (Å²) in [4.78, 5) is 21.3. The number of carbonyl (C=O) groups is 1. The molecule has 0 spiro atoms. The second-order valence-corrected chi connectivity index (χ2v) is 9.09. The molecule has 3 atom stereocenters. The van der Waals surface area contributed by atoms with Crippen LogP contribution in [0.3, 0.4) is 0 Å². The molecule has 0 aromatic heterocycles. The molecule has 5 nitrogen and oxygen atoms in total. The highest BCUT2D eigenvalue weighted by molar-refractivity contribution is 5.67. The summed E-state index contributed by atoms with van der Waals surface area (Å²) in [5.74, 6) is -2.28. The van der Waals surface area contributed by atoms with Crippen molar-refractivity contribution in [3.63, 3.8) is 0 Å². The lowest BCUT2D eigenvalue weighted by atomic mass is 9.84. The minimum Gasteiger partial charge on any atom is -0.481 e. The van der Waals surface area contributed by atoms with Gasteiger partial charge in [0.15, 0.2) is 0 Å². The van der Waals surface area contributed by atoms with Gasteiger partial charge in [-0.05, 0) is 44.1 Å². The standard InChI is InChI=1S/C24H38O5/c1-20(18-23(2)16-17-24(27,29-28-23)19-22(25)26)12-8-5-3-4-6-9-13-21-14-10-7-11-15-21/h7,10-11,14-15,20,27H,3-6,8-9,12-13,16-19H2,1-2H3,(H,25,26)/t20?,23-,24-/m1/s1. The van der Waals surface area contributed by atoms with Crippen molar-refractivity contribution in [2.24, 2.45) is 5.92 Å². The first-order valence-corrected chi connectivity index (χ1v) is 11.2. The molecule has 1 fully saturated rings. The fraction of sp³-hybridized carbons (Fsp3) is 0.708. The van der Waals surface area contributed by atoms with E-state index in [4.69, 9.17) is 14.9 Å². The minimum atomic E-state index is -1.70. The number of aryl methyl sites for hydroxylation is 1. The molecule has 1 unspecified atom stereocenters. The van der Waals surface area contributed by atoms with Gasteiger partial charge < -0.3 is 10.2 Å². The smallest absolute Gasteiger partial charge is 0.308 e. The molecule has 2 rings (SSSR count). The van der Waals surface area contributed by atoms with Gasteiger partial charge >= 0.3 is 5.97 Å². The Morgan fingerprint density at radius 2 is 1.69 bits per heavy atom. The number of hydrogen-bond donors (Lipinski definition) is 2. The van der Waals surface area contributed by atoms with Gasteiger partial charge in [-0.15, -0.1) is 0 Å². The summed E-state index contributed by atoms with van der Waals surface area (Å²) >= 11 is 0. The van der Waals surface area contributed by atoms with Crippen molar-refractivity contribution >= 4 is 5.97 Å². The molecule has 29 heavy (non-hydrogen) atoms. The van der Waals surface area contributed by atoms with Crippen LogP contribution in [0.1, 0.15) is 90.0 Å². The van der Waals surface area contributed by atoms with E-state index < -0.39 is 23.8 Å². The highest BCUT2D eigenvalue weighted by atomic mass is 17.2. The van der Waals surface area contributed by atoms with E-state index in [9.17, 15) is 9.90 Å². The predicted molar refractivity (Wildman–Crippen MR) is 113 cm³/mol. The maximum Gasteiger partial charge on any atom is 0.308 e. The summed E-state index contributed by atoms with van der Waals surface area (Å²) in [7, 11) is 0. The Morgan fingerprint density at radius 1 is 1.03 bits per heavy atom. The summed E-state index contributed by atoms with van der Waals surface area (Å²) in [6, 6.07) is 10.7. The lowest BCUT2D eigenvalue weighted by Crippen LogP contribution is -2.47. The molecule has 0 aliphatic carbocycles. The maximum atomic E-state index is 10.8. The average molecular weight is 407 g/mol. The van der Waals surface area contributed by atoms with Gasteiger partial charge in [-0.25, -0.2) is 9.78 Å². The van der Waals surface area contributed by atoms with E-state index in [1.165, 1.54) is 50.5 Å². The van der Waals surface area contributed by atoms with Crippen molar-refractivity contribution in [1.82, 2.24) is 0 Å². The first-order valence-electron chi connectivity index (χ1n) is 11.2. The van der Waals surface area contributed by atoms with Gasteiger partial charge in [-0.1, -0.05) is 75.8 Å². The second kappa shape index (κ2) is 11.7. The van der Waals surface area contributed by atoms with Crippen LogP contribution >= 0.6 is 0 Å². The van der Waals surface area contributed by atoms with E-state index >= 15 is 0 Å². The number of hydrogen-bond acceptors (Lipinski definition) is 4. The second-order valence-electron chi connectivity index (χ2n) is 9.09. The van der Waals surface area contributed by atoms with Crippen LogP contribution in [0.15, 0.2) is 30.3 Å². The molecule has 0 bridgehead atoms. The van der Waals surface area contributed by atoms with Gasteiger partial charge in [0.05, 0.1) is 0 Å². The Balaban J connectivity index is 1.51. The normalized spacial score (nSPS) is 25.6. The highest BCUT2D eigenvalue weighted by Crippen LogP contribution is 2.38. The van der Waals surface area contributed by atoms with E-state index in [1.807, 2.05) is 6.92 Å². The number of carboxylic acid groups (broad SMARTS) is 1. The molecule has 0 amide bonds.